The first-order valence-corrected chi connectivity index (χ1v) is 4.73. The summed E-state index contributed by atoms with van der Waals surface area (Å²) in [5.41, 5.74) is -0.0873. The fourth-order valence-corrected chi connectivity index (χ4v) is 1.53. The molecule has 2 aromatic rings. The molecule has 0 N–H and O–H groups in total. The average molecular weight is 244 g/mol. The lowest BCUT2D eigenvalue weighted by Crippen LogP contribution is -1.92. The van der Waals surface area contributed by atoms with Gasteiger partial charge in [-0.25, -0.2) is 18.2 Å². The summed E-state index contributed by atoms with van der Waals surface area (Å²) in [6.07, 6.45) is 0.906. The van der Waals surface area contributed by atoms with Crippen LogP contribution in [0.2, 0.25) is 5.15 Å². The lowest BCUT2D eigenvalue weighted by Gasteiger charge is -2.05. The van der Waals surface area contributed by atoms with E-state index in [-0.39, 0.29) is 16.3 Å². The molecule has 82 valence electrons. The highest BCUT2D eigenvalue weighted by Crippen LogP contribution is 2.29. The largest absolute Gasteiger partial charge is 0.241 e. The number of hydrogen-bond donors (Lipinski definition) is 0. The number of aromatic nitrogens is 1. The van der Waals surface area contributed by atoms with Gasteiger partial charge in [0.25, 0.3) is 0 Å². The Morgan fingerprint density at radius 3 is 2.56 bits per heavy atom. The van der Waals surface area contributed by atoms with E-state index in [0.29, 0.717) is 0 Å². The Labute approximate surface area is 94.5 Å². The van der Waals surface area contributed by atoms with Gasteiger partial charge < -0.3 is 0 Å². The summed E-state index contributed by atoms with van der Waals surface area (Å²) in [5, 5.41) is -0.0779. The molecular formula is C11H5ClF3N. The minimum atomic E-state index is -1.07. The summed E-state index contributed by atoms with van der Waals surface area (Å²) in [6, 6.07) is 4.60. The second-order valence-corrected chi connectivity index (χ2v) is 3.45. The van der Waals surface area contributed by atoms with Gasteiger partial charge in [-0.15, -0.1) is 0 Å². The third-order valence-corrected chi connectivity index (χ3v) is 2.35. The van der Waals surface area contributed by atoms with E-state index >= 15 is 0 Å². The Balaban J connectivity index is 2.67. The Morgan fingerprint density at radius 2 is 1.81 bits per heavy atom. The molecule has 0 atom stereocenters. The summed E-state index contributed by atoms with van der Waals surface area (Å²) in [7, 11) is 0. The minimum absolute atomic E-state index is 0.0265. The first-order chi connectivity index (χ1) is 7.59. The van der Waals surface area contributed by atoms with Crippen LogP contribution in [-0.4, -0.2) is 4.98 Å². The highest BCUT2D eigenvalue weighted by atomic mass is 35.5. The van der Waals surface area contributed by atoms with E-state index in [1.54, 1.807) is 0 Å². The SMILES string of the molecule is Fc1cnc(Cl)c(-c2cccc(F)c2F)c1. The second-order valence-electron chi connectivity index (χ2n) is 3.09. The molecule has 0 saturated carbocycles. The van der Waals surface area contributed by atoms with Gasteiger partial charge in [0.2, 0.25) is 0 Å². The summed E-state index contributed by atoms with van der Waals surface area (Å²) < 4.78 is 39.3. The van der Waals surface area contributed by atoms with Crippen molar-refractivity contribution in [3.05, 3.63) is 53.1 Å². The quantitative estimate of drug-likeness (QED) is 0.694. The molecule has 5 heteroatoms. The van der Waals surface area contributed by atoms with Gasteiger partial charge in [0, 0.05) is 11.1 Å². The van der Waals surface area contributed by atoms with Crippen molar-refractivity contribution in [2.75, 3.05) is 0 Å². The van der Waals surface area contributed by atoms with E-state index in [1.165, 1.54) is 12.1 Å². The number of rotatable bonds is 1. The van der Waals surface area contributed by atoms with E-state index in [1.807, 2.05) is 0 Å². The fourth-order valence-electron chi connectivity index (χ4n) is 1.32. The highest BCUT2D eigenvalue weighted by Gasteiger charge is 2.13. The van der Waals surface area contributed by atoms with Gasteiger partial charge in [0.05, 0.1) is 6.20 Å². The third-order valence-electron chi connectivity index (χ3n) is 2.05. The molecule has 0 amide bonds. The van der Waals surface area contributed by atoms with Gasteiger partial charge in [-0.3, -0.25) is 0 Å². The van der Waals surface area contributed by atoms with Crippen molar-refractivity contribution in [2.24, 2.45) is 0 Å². The molecule has 0 aliphatic carbocycles. The number of nitrogens with zero attached hydrogens (tertiary/aromatic N) is 1. The zero-order valence-electron chi connectivity index (χ0n) is 7.85. The Morgan fingerprint density at radius 1 is 1.06 bits per heavy atom. The molecule has 16 heavy (non-hydrogen) atoms. The van der Waals surface area contributed by atoms with Crippen LogP contribution in [0.25, 0.3) is 11.1 Å². The van der Waals surface area contributed by atoms with Gasteiger partial charge in [-0.1, -0.05) is 23.7 Å². The summed E-state index contributed by atoms with van der Waals surface area (Å²) in [6.45, 7) is 0. The van der Waals surface area contributed by atoms with Crippen molar-refractivity contribution in [1.29, 1.82) is 0 Å². The summed E-state index contributed by atoms with van der Waals surface area (Å²) >= 11 is 5.69. The minimum Gasteiger partial charge on any atom is -0.241 e. The first kappa shape index (κ1) is 11.0. The van der Waals surface area contributed by atoms with Crippen LogP contribution in [0, 0.1) is 17.5 Å². The molecule has 1 aromatic heterocycles. The molecule has 0 aliphatic rings. The molecule has 1 nitrogen and oxygen atoms in total. The van der Waals surface area contributed by atoms with Crippen LogP contribution in [-0.2, 0) is 0 Å². The number of pyridine rings is 1. The lowest BCUT2D eigenvalue weighted by molar-refractivity contribution is 0.511. The fraction of sp³-hybridized carbons (Fsp3) is 0. The molecular weight excluding hydrogens is 239 g/mol. The predicted octanol–water partition coefficient (Wildman–Crippen LogP) is 3.82. The smallest absolute Gasteiger partial charge is 0.166 e. The molecule has 0 saturated heterocycles. The number of hydrogen-bond acceptors (Lipinski definition) is 1. The van der Waals surface area contributed by atoms with Crippen molar-refractivity contribution >= 4 is 11.6 Å². The van der Waals surface area contributed by atoms with Crippen molar-refractivity contribution in [1.82, 2.24) is 4.98 Å². The Hall–Kier alpha value is -1.55. The maximum Gasteiger partial charge on any atom is 0.166 e. The maximum atomic E-state index is 13.4. The van der Waals surface area contributed by atoms with Crippen LogP contribution in [0.5, 0.6) is 0 Å². The van der Waals surface area contributed by atoms with Crippen molar-refractivity contribution in [2.45, 2.75) is 0 Å². The molecule has 0 unspecified atom stereocenters. The predicted molar refractivity (Wildman–Crippen MR) is 54.6 cm³/mol. The molecule has 2 rings (SSSR count). The van der Waals surface area contributed by atoms with Gasteiger partial charge in [-0.2, -0.15) is 0 Å². The normalized spacial score (nSPS) is 10.5. The topological polar surface area (TPSA) is 12.9 Å². The van der Waals surface area contributed by atoms with Crippen LogP contribution >= 0.6 is 11.6 Å². The van der Waals surface area contributed by atoms with Crippen LogP contribution in [0.15, 0.2) is 30.5 Å². The van der Waals surface area contributed by atoms with E-state index in [0.717, 1.165) is 18.3 Å². The summed E-state index contributed by atoms with van der Waals surface area (Å²) in [5.74, 6) is -2.75. The van der Waals surface area contributed by atoms with Gasteiger partial charge in [0.15, 0.2) is 11.6 Å². The molecule has 0 aliphatic heterocycles. The molecule has 0 spiro atoms. The van der Waals surface area contributed by atoms with Gasteiger partial charge >= 0.3 is 0 Å². The Bertz CT molecular complexity index is 543. The zero-order chi connectivity index (χ0) is 11.7. The van der Waals surface area contributed by atoms with Gasteiger partial charge in [0.1, 0.15) is 11.0 Å². The highest BCUT2D eigenvalue weighted by molar-refractivity contribution is 6.32. The standard InChI is InChI=1S/C11H5ClF3N/c12-11-8(4-6(13)5-16-11)7-2-1-3-9(14)10(7)15/h1-5H. The van der Waals surface area contributed by atoms with E-state index in [2.05, 4.69) is 4.98 Å². The molecule has 1 aromatic carbocycles. The van der Waals surface area contributed by atoms with Crippen LogP contribution in [0.1, 0.15) is 0 Å². The van der Waals surface area contributed by atoms with Crippen LogP contribution < -0.4 is 0 Å². The summed E-state index contributed by atoms with van der Waals surface area (Å²) in [4.78, 5) is 3.53. The van der Waals surface area contributed by atoms with Crippen LogP contribution in [0.3, 0.4) is 0 Å². The van der Waals surface area contributed by atoms with E-state index in [4.69, 9.17) is 11.6 Å². The zero-order valence-corrected chi connectivity index (χ0v) is 8.60. The van der Waals surface area contributed by atoms with E-state index < -0.39 is 17.5 Å². The van der Waals surface area contributed by atoms with Crippen molar-refractivity contribution in [3.8, 4) is 11.1 Å². The molecule has 0 radical (unpaired) electrons. The van der Waals surface area contributed by atoms with Gasteiger partial charge in [-0.05, 0) is 12.1 Å². The van der Waals surface area contributed by atoms with Crippen LogP contribution in [0.4, 0.5) is 13.2 Å². The monoisotopic (exact) mass is 243 g/mol. The van der Waals surface area contributed by atoms with E-state index in [9.17, 15) is 13.2 Å². The van der Waals surface area contributed by atoms with Crippen molar-refractivity contribution in [3.63, 3.8) is 0 Å². The molecule has 0 fully saturated rings. The first-order valence-electron chi connectivity index (χ1n) is 4.35. The lowest BCUT2D eigenvalue weighted by atomic mass is 10.1. The second kappa shape index (κ2) is 4.14. The third kappa shape index (κ3) is 1.88. The average Bonchev–Trinajstić information content (AvgIpc) is 2.26. The number of halogens is 4. The van der Waals surface area contributed by atoms with Crippen molar-refractivity contribution < 1.29 is 13.2 Å². The number of benzene rings is 1. The molecule has 0 bridgehead atoms. The molecule has 1 heterocycles. The Kier molecular flexibility index (Phi) is 2.83. The maximum absolute atomic E-state index is 13.4.